The van der Waals surface area contributed by atoms with Gasteiger partial charge in [-0.25, -0.2) is 0 Å². The molecule has 3 rings (SSSR count). The molecule has 0 fully saturated rings. The van der Waals surface area contributed by atoms with Crippen LogP contribution in [0.2, 0.25) is 10.0 Å². The van der Waals surface area contributed by atoms with E-state index in [1.807, 2.05) is 38.1 Å². The van der Waals surface area contributed by atoms with Crippen LogP contribution >= 0.6 is 23.2 Å². The summed E-state index contributed by atoms with van der Waals surface area (Å²) >= 11 is 11.9. The average molecular weight is 529 g/mol. The van der Waals surface area contributed by atoms with Crippen molar-refractivity contribution in [3.8, 4) is 11.5 Å². The molecule has 0 aliphatic heterocycles. The lowest BCUT2D eigenvalue weighted by molar-refractivity contribution is -0.117. The van der Waals surface area contributed by atoms with Crippen LogP contribution in [0.1, 0.15) is 36.8 Å². The van der Waals surface area contributed by atoms with E-state index in [2.05, 4.69) is 10.6 Å². The van der Waals surface area contributed by atoms with Gasteiger partial charge in [-0.3, -0.25) is 9.59 Å². The summed E-state index contributed by atoms with van der Waals surface area (Å²) in [5.41, 5.74) is 3.00. The number of rotatable bonds is 12. The van der Waals surface area contributed by atoms with Gasteiger partial charge in [0.05, 0.1) is 24.6 Å². The minimum Gasteiger partial charge on any atom is -0.493 e. The Kier molecular flexibility index (Phi) is 10.5. The number of benzene rings is 3. The summed E-state index contributed by atoms with van der Waals surface area (Å²) in [6, 6.07) is 18.0. The van der Waals surface area contributed by atoms with Crippen molar-refractivity contribution < 1.29 is 19.1 Å². The lowest BCUT2D eigenvalue weighted by atomic mass is 10.2. The van der Waals surface area contributed by atoms with Gasteiger partial charge in [0.25, 0.3) is 0 Å². The number of carbonyl (C=O) groups excluding carboxylic acids is 2. The maximum atomic E-state index is 12.4. The first-order chi connectivity index (χ1) is 17.3. The van der Waals surface area contributed by atoms with Crippen LogP contribution in [0.4, 0.5) is 11.4 Å². The third-order valence-electron chi connectivity index (χ3n) is 5.36. The highest BCUT2D eigenvalue weighted by Gasteiger charge is 2.10. The zero-order chi connectivity index (χ0) is 25.9. The highest BCUT2D eigenvalue weighted by Crippen LogP contribution is 2.24. The number of hydrogen-bond donors (Lipinski definition) is 2. The third-order valence-corrected chi connectivity index (χ3v) is 5.83. The first kappa shape index (κ1) is 27.4. The van der Waals surface area contributed by atoms with Crippen LogP contribution in [0.3, 0.4) is 0 Å². The molecule has 0 unspecified atom stereocenters. The van der Waals surface area contributed by atoms with E-state index < -0.39 is 0 Å². The van der Waals surface area contributed by atoms with Crippen LogP contribution in [0.25, 0.3) is 0 Å². The summed E-state index contributed by atoms with van der Waals surface area (Å²) < 4.78 is 11.5. The number of anilines is 2. The fourth-order valence-corrected chi connectivity index (χ4v) is 3.96. The Bertz CT molecular complexity index is 1110. The summed E-state index contributed by atoms with van der Waals surface area (Å²) in [5, 5.41) is 7.06. The molecule has 8 heteroatoms. The molecule has 0 spiro atoms. The number of aryl methyl sites for hydroxylation is 2. The number of nitrogens with one attached hydrogen (secondary N) is 2. The van der Waals surface area contributed by atoms with Gasteiger partial charge in [0.2, 0.25) is 11.8 Å². The second kappa shape index (κ2) is 13.8. The number of amides is 2. The summed E-state index contributed by atoms with van der Waals surface area (Å²) in [6.45, 7) is 4.66. The highest BCUT2D eigenvalue weighted by atomic mass is 35.5. The summed E-state index contributed by atoms with van der Waals surface area (Å²) in [7, 11) is 0. The van der Waals surface area contributed by atoms with Gasteiger partial charge in [-0.05, 0) is 86.3 Å². The van der Waals surface area contributed by atoms with Crippen molar-refractivity contribution in [3.05, 3.63) is 81.8 Å². The van der Waals surface area contributed by atoms with Crippen LogP contribution < -0.4 is 20.1 Å². The van der Waals surface area contributed by atoms with Crippen molar-refractivity contribution >= 4 is 46.4 Å². The molecule has 0 aromatic heterocycles. The molecule has 3 aromatic carbocycles. The zero-order valence-corrected chi connectivity index (χ0v) is 21.9. The number of hydrogen-bond acceptors (Lipinski definition) is 4. The van der Waals surface area contributed by atoms with Gasteiger partial charge in [0, 0.05) is 22.9 Å². The first-order valence-corrected chi connectivity index (χ1v) is 12.5. The molecule has 0 saturated carbocycles. The summed E-state index contributed by atoms with van der Waals surface area (Å²) in [4.78, 5) is 24.9. The Labute approximate surface area is 221 Å². The van der Waals surface area contributed by atoms with Crippen molar-refractivity contribution in [3.63, 3.8) is 0 Å². The number of carbonyl (C=O) groups is 2. The molecule has 6 nitrogen and oxygen atoms in total. The van der Waals surface area contributed by atoms with Gasteiger partial charge in [-0.15, -0.1) is 0 Å². The molecular weight excluding hydrogens is 499 g/mol. The fraction of sp³-hybridized carbons (Fsp3) is 0.286. The molecule has 0 heterocycles. The Balaban J connectivity index is 1.40. The van der Waals surface area contributed by atoms with E-state index in [4.69, 9.17) is 32.7 Å². The molecule has 0 radical (unpaired) electrons. The van der Waals surface area contributed by atoms with Gasteiger partial charge < -0.3 is 20.1 Å². The van der Waals surface area contributed by atoms with E-state index in [-0.39, 0.29) is 24.7 Å². The molecular formula is C28H30Cl2N2O4. The Morgan fingerprint density at radius 1 is 0.694 bits per heavy atom. The normalized spacial score (nSPS) is 10.6. The van der Waals surface area contributed by atoms with Gasteiger partial charge in [-0.1, -0.05) is 35.3 Å². The molecule has 0 atom stereocenters. The molecule has 0 bridgehead atoms. The van der Waals surface area contributed by atoms with E-state index >= 15 is 0 Å². The van der Waals surface area contributed by atoms with Crippen molar-refractivity contribution in [1.82, 2.24) is 0 Å². The lowest BCUT2D eigenvalue weighted by Crippen LogP contribution is -2.17. The Morgan fingerprint density at radius 2 is 1.11 bits per heavy atom. The smallest absolute Gasteiger partial charge is 0.224 e. The van der Waals surface area contributed by atoms with Crippen LogP contribution in [0.5, 0.6) is 11.5 Å². The van der Waals surface area contributed by atoms with Gasteiger partial charge >= 0.3 is 0 Å². The third kappa shape index (κ3) is 8.77. The van der Waals surface area contributed by atoms with Crippen LogP contribution in [0.15, 0.2) is 60.7 Å². The minimum atomic E-state index is -0.153. The predicted octanol–water partition coefficient (Wildman–Crippen LogP) is 7.21. The van der Waals surface area contributed by atoms with E-state index in [0.717, 1.165) is 22.6 Å². The van der Waals surface area contributed by atoms with E-state index in [1.165, 1.54) is 0 Å². The van der Waals surface area contributed by atoms with Crippen molar-refractivity contribution in [2.45, 2.75) is 39.5 Å². The standard InChI is InChI=1S/C28H30Cl2N2O4/c1-19-17-21(29)11-13-25(19)35-15-5-9-27(33)31-23-7-3-4-8-24(23)32-28(34)10-6-16-36-26-14-12-22(30)18-20(26)2/h3-4,7-8,11-14,17-18H,5-6,9-10,15-16H2,1-2H3,(H,31,33)(H,32,34). The molecule has 0 aliphatic carbocycles. The zero-order valence-electron chi connectivity index (χ0n) is 20.4. The average Bonchev–Trinajstić information content (AvgIpc) is 2.83. The SMILES string of the molecule is Cc1cc(Cl)ccc1OCCCC(=O)Nc1ccccc1NC(=O)CCCOc1ccc(Cl)cc1C. The quantitative estimate of drug-likeness (QED) is 0.243. The molecule has 3 aromatic rings. The molecule has 2 amide bonds. The van der Waals surface area contributed by atoms with Crippen LogP contribution in [0, 0.1) is 13.8 Å². The number of para-hydroxylation sites is 2. The maximum Gasteiger partial charge on any atom is 0.224 e. The number of ether oxygens (including phenoxy) is 2. The first-order valence-electron chi connectivity index (χ1n) is 11.8. The van der Waals surface area contributed by atoms with E-state index in [0.29, 0.717) is 47.5 Å². The fourth-order valence-electron chi connectivity index (χ4n) is 3.51. The van der Waals surface area contributed by atoms with E-state index in [1.54, 1.807) is 36.4 Å². The second-order valence-corrected chi connectivity index (χ2v) is 9.24. The van der Waals surface area contributed by atoms with Crippen molar-refractivity contribution in [2.75, 3.05) is 23.8 Å². The lowest BCUT2D eigenvalue weighted by Gasteiger charge is -2.13. The highest BCUT2D eigenvalue weighted by molar-refractivity contribution is 6.31. The molecule has 0 aliphatic rings. The summed E-state index contributed by atoms with van der Waals surface area (Å²) in [6.07, 6.45) is 1.68. The van der Waals surface area contributed by atoms with Crippen molar-refractivity contribution in [2.24, 2.45) is 0 Å². The van der Waals surface area contributed by atoms with Crippen molar-refractivity contribution in [1.29, 1.82) is 0 Å². The summed E-state index contributed by atoms with van der Waals surface area (Å²) in [5.74, 6) is 1.20. The van der Waals surface area contributed by atoms with Crippen LogP contribution in [-0.4, -0.2) is 25.0 Å². The molecule has 2 N–H and O–H groups in total. The topological polar surface area (TPSA) is 76.7 Å². The number of halogens is 2. The van der Waals surface area contributed by atoms with Gasteiger partial charge in [0.1, 0.15) is 11.5 Å². The van der Waals surface area contributed by atoms with E-state index in [9.17, 15) is 9.59 Å². The largest absolute Gasteiger partial charge is 0.493 e. The Hall–Kier alpha value is -3.22. The minimum absolute atomic E-state index is 0.153. The predicted molar refractivity (Wildman–Crippen MR) is 146 cm³/mol. The molecule has 190 valence electrons. The Morgan fingerprint density at radius 3 is 1.50 bits per heavy atom. The van der Waals surface area contributed by atoms with Gasteiger partial charge in [-0.2, -0.15) is 0 Å². The maximum absolute atomic E-state index is 12.4. The monoisotopic (exact) mass is 528 g/mol. The van der Waals surface area contributed by atoms with Crippen LogP contribution in [-0.2, 0) is 9.59 Å². The molecule has 36 heavy (non-hydrogen) atoms. The van der Waals surface area contributed by atoms with Gasteiger partial charge in [0.15, 0.2) is 0 Å². The second-order valence-electron chi connectivity index (χ2n) is 8.37. The molecule has 0 saturated heterocycles.